The number of nitrogens with zero attached hydrogens (tertiary/aromatic N) is 1. The molecule has 1 atom stereocenters. The number of carboxylic acids is 1. The molecule has 12 heavy (non-hydrogen) atoms. The van der Waals surface area contributed by atoms with Crippen molar-refractivity contribution in [1.82, 2.24) is 4.90 Å². The van der Waals surface area contributed by atoms with Crippen LogP contribution in [0.4, 0.5) is 0 Å². The van der Waals surface area contributed by atoms with Gasteiger partial charge < -0.3 is 9.84 Å². The van der Waals surface area contributed by atoms with E-state index in [1.807, 2.05) is 0 Å². The Morgan fingerprint density at radius 2 is 2.25 bits per heavy atom. The lowest BCUT2D eigenvalue weighted by Gasteiger charge is -2.40. The lowest BCUT2D eigenvalue weighted by Crippen LogP contribution is -2.55. The van der Waals surface area contributed by atoms with Crippen molar-refractivity contribution in [3.05, 3.63) is 0 Å². The molecule has 0 amide bonds. The second kappa shape index (κ2) is 3.03. The monoisotopic (exact) mass is 171 g/mol. The SMILES string of the molecule is O=C(O)C1CN([C@H]2CCOC2)C1. The van der Waals surface area contributed by atoms with Crippen molar-refractivity contribution in [2.75, 3.05) is 26.3 Å². The Morgan fingerprint density at radius 1 is 1.50 bits per heavy atom. The van der Waals surface area contributed by atoms with E-state index in [2.05, 4.69) is 4.90 Å². The third kappa shape index (κ3) is 1.32. The highest BCUT2D eigenvalue weighted by Crippen LogP contribution is 2.23. The van der Waals surface area contributed by atoms with Crippen molar-refractivity contribution in [2.24, 2.45) is 5.92 Å². The van der Waals surface area contributed by atoms with E-state index in [4.69, 9.17) is 9.84 Å². The van der Waals surface area contributed by atoms with Gasteiger partial charge in [0.2, 0.25) is 0 Å². The largest absolute Gasteiger partial charge is 0.481 e. The van der Waals surface area contributed by atoms with Gasteiger partial charge in [0.25, 0.3) is 0 Å². The predicted molar refractivity (Wildman–Crippen MR) is 41.9 cm³/mol. The van der Waals surface area contributed by atoms with Gasteiger partial charge in [-0.25, -0.2) is 0 Å². The highest BCUT2D eigenvalue weighted by atomic mass is 16.5. The van der Waals surface area contributed by atoms with Crippen LogP contribution in [0.2, 0.25) is 0 Å². The molecule has 1 N–H and O–H groups in total. The van der Waals surface area contributed by atoms with Crippen LogP contribution in [0.15, 0.2) is 0 Å². The molecule has 0 unspecified atom stereocenters. The summed E-state index contributed by atoms with van der Waals surface area (Å²) in [5.74, 6) is -0.796. The molecule has 2 saturated heterocycles. The molecule has 0 spiro atoms. The van der Waals surface area contributed by atoms with Gasteiger partial charge in [-0.2, -0.15) is 0 Å². The van der Waals surface area contributed by atoms with E-state index in [9.17, 15) is 4.79 Å². The molecule has 4 nitrogen and oxygen atoms in total. The Morgan fingerprint density at radius 3 is 2.75 bits per heavy atom. The van der Waals surface area contributed by atoms with E-state index in [0.717, 1.165) is 19.6 Å². The first-order valence-electron chi connectivity index (χ1n) is 4.32. The van der Waals surface area contributed by atoms with Crippen molar-refractivity contribution >= 4 is 5.97 Å². The maximum absolute atomic E-state index is 10.5. The van der Waals surface area contributed by atoms with Gasteiger partial charge in [0.05, 0.1) is 12.5 Å². The predicted octanol–water partition coefficient (Wildman–Crippen LogP) is -0.208. The maximum atomic E-state index is 10.5. The minimum atomic E-state index is -0.662. The minimum absolute atomic E-state index is 0.134. The summed E-state index contributed by atoms with van der Waals surface area (Å²) in [4.78, 5) is 12.7. The van der Waals surface area contributed by atoms with E-state index in [1.165, 1.54) is 0 Å². The number of carboxylic acid groups (broad SMARTS) is 1. The van der Waals surface area contributed by atoms with E-state index in [-0.39, 0.29) is 5.92 Å². The standard InChI is InChI=1S/C8H13NO3/c10-8(11)6-3-9(4-6)7-1-2-12-5-7/h6-7H,1-5H2,(H,10,11)/t7-/m0/s1. The topological polar surface area (TPSA) is 49.8 Å². The second-order valence-corrected chi connectivity index (χ2v) is 3.51. The molecule has 2 aliphatic rings. The van der Waals surface area contributed by atoms with Crippen LogP contribution in [-0.4, -0.2) is 48.3 Å². The molecule has 2 rings (SSSR count). The van der Waals surface area contributed by atoms with Crippen LogP contribution in [0, 0.1) is 5.92 Å². The molecule has 0 aromatic rings. The van der Waals surface area contributed by atoms with Gasteiger partial charge in [-0.15, -0.1) is 0 Å². The van der Waals surface area contributed by atoms with Gasteiger partial charge in [0.1, 0.15) is 0 Å². The van der Waals surface area contributed by atoms with Crippen molar-refractivity contribution in [1.29, 1.82) is 0 Å². The van der Waals surface area contributed by atoms with Crippen molar-refractivity contribution in [3.63, 3.8) is 0 Å². The van der Waals surface area contributed by atoms with Crippen molar-refractivity contribution < 1.29 is 14.6 Å². The maximum Gasteiger partial charge on any atom is 0.309 e. The summed E-state index contributed by atoms with van der Waals surface area (Å²) in [7, 11) is 0. The van der Waals surface area contributed by atoms with Gasteiger partial charge in [-0.3, -0.25) is 9.69 Å². The molecule has 0 saturated carbocycles. The molecular weight excluding hydrogens is 158 g/mol. The molecule has 0 aromatic heterocycles. The fourth-order valence-corrected chi connectivity index (χ4v) is 1.78. The summed E-state index contributed by atoms with van der Waals surface area (Å²) in [6.07, 6.45) is 1.06. The van der Waals surface area contributed by atoms with E-state index < -0.39 is 5.97 Å². The molecule has 2 heterocycles. The number of carbonyl (C=O) groups is 1. The molecule has 4 heteroatoms. The Kier molecular flexibility index (Phi) is 2.02. The molecule has 2 aliphatic heterocycles. The lowest BCUT2D eigenvalue weighted by atomic mass is 9.97. The Balaban J connectivity index is 1.77. The summed E-state index contributed by atoms with van der Waals surface area (Å²) in [5, 5.41) is 8.64. The minimum Gasteiger partial charge on any atom is -0.481 e. The molecule has 68 valence electrons. The molecule has 0 radical (unpaired) electrons. The average molecular weight is 171 g/mol. The zero-order valence-corrected chi connectivity index (χ0v) is 6.90. The number of hydrogen-bond acceptors (Lipinski definition) is 3. The van der Waals surface area contributed by atoms with Crippen LogP contribution >= 0.6 is 0 Å². The smallest absolute Gasteiger partial charge is 0.309 e. The molecule has 0 bridgehead atoms. The third-order valence-corrected chi connectivity index (χ3v) is 2.68. The number of aliphatic carboxylic acids is 1. The summed E-state index contributed by atoms with van der Waals surface area (Å²) in [6, 6.07) is 0.487. The van der Waals surface area contributed by atoms with Gasteiger partial charge in [0, 0.05) is 25.7 Å². The Hall–Kier alpha value is -0.610. The van der Waals surface area contributed by atoms with Crippen LogP contribution in [0.25, 0.3) is 0 Å². The normalized spacial score (nSPS) is 31.8. The van der Waals surface area contributed by atoms with E-state index in [1.54, 1.807) is 0 Å². The fourth-order valence-electron chi connectivity index (χ4n) is 1.78. The quantitative estimate of drug-likeness (QED) is 0.624. The summed E-state index contributed by atoms with van der Waals surface area (Å²) in [5.41, 5.74) is 0. The van der Waals surface area contributed by atoms with E-state index in [0.29, 0.717) is 19.1 Å². The number of rotatable bonds is 2. The molecule has 0 aromatic carbocycles. The highest BCUT2D eigenvalue weighted by Gasteiger charge is 2.37. The zero-order valence-electron chi connectivity index (χ0n) is 6.90. The molecular formula is C8H13NO3. The number of likely N-dealkylation sites (tertiary alicyclic amines) is 1. The van der Waals surface area contributed by atoms with Crippen LogP contribution in [-0.2, 0) is 9.53 Å². The summed E-state index contributed by atoms with van der Waals surface area (Å²) in [6.45, 7) is 3.04. The fraction of sp³-hybridized carbons (Fsp3) is 0.875. The highest BCUT2D eigenvalue weighted by molar-refractivity contribution is 5.71. The van der Waals surface area contributed by atoms with Crippen LogP contribution in [0.1, 0.15) is 6.42 Å². The zero-order chi connectivity index (χ0) is 8.55. The summed E-state index contributed by atoms with van der Waals surface area (Å²) >= 11 is 0. The number of ether oxygens (including phenoxy) is 1. The van der Waals surface area contributed by atoms with Crippen molar-refractivity contribution in [3.8, 4) is 0 Å². The van der Waals surface area contributed by atoms with Crippen molar-refractivity contribution in [2.45, 2.75) is 12.5 Å². The van der Waals surface area contributed by atoms with Gasteiger partial charge in [0.15, 0.2) is 0 Å². The second-order valence-electron chi connectivity index (χ2n) is 3.51. The van der Waals surface area contributed by atoms with Gasteiger partial charge in [-0.05, 0) is 6.42 Å². The average Bonchev–Trinajstić information content (AvgIpc) is 2.34. The third-order valence-electron chi connectivity index (χ3n) is 2.68. The van der Waals surface area contributed by atoms with Crippen LogP contribution in [0.5, 0.6) is 0 Å². The molecule has 2 fully saturated rings. The lowest BCUT2D eigenvalue weighted by molar-refractivity contribution is -0.148. The first-order chi connectivity index (χ1) is 5.77. The first-order valence-corrected chi connectivity index (χ1v) is 4.32. The first kappa shape index (κ1) is 8.01. The Labute approximate surface area is 71.1 Å². The van der Waals surface area contributed by atoms with Gasteiger partial charge in [-0.1, -0.05) is 0 Å². The van der Waals surface area contributed by atoms with E-state index >= 15 is 0 Å². The van der Waals surface area contributed by atoms with Crippen LogP contribution < -0.4 is 0 Å². The van der Waals surface area contributed by atoms with Gasteiger partial charge >= 0.3 is 5.97 Å². The number of hydrogen-bond donors (Lipinski definition) is 1. The summed E-state index contributed by atoms with van der Waals surface area (Å²) < 4.78 is 5.22. The van der Waals surface area contributed by atoms with Crippen LogP contribution in [0.3, 0.4) is 0 Å². The Bertz CT molecular complexity index is 183. The molecule has 0 aliphatic carbocycles.